The maximum Gasteiger partial charge on any atom is 0.225 e. The van der Waals surface area contributed by atoms with Gasteiger partial charge in [0.15, 0.2) is 0 Å². The van der Waals surface area contributed by atoms with Gasteiger partial charge in [0.05, 0.1) is 6.26 Å². The summed E-state index contributed by atoms with van der Waals surface area (Å²) in [6.07, 6.45) is 4.05. The van der Waals surface area contributed by atoms with E-state index in [9.17, 15) is 4.79 Å². The molecule has 2 rings (SSSR count). The molecule has 1 N–H and O–H groups in total. The molecule has 0 radical (unpaired) electrons. The third kappa shape index (κ3) is 3.60. The van der Waals surface area contributed by atoms with Crippen molar-refractivity contribution in [3.8, 4) is 0 Å². The van der Waals surface area contributed by atoms with Crippen molar-refractivity contribution in [2.24, 2.45) is 0 Å². The number of nitrogens with zero attached hydrogens (tertiary/aromatic N) is 1. The molecule has 88 valence electrons. The average molecular weight is 251 g/mol. The number of hydrogen-bond donors (Lipinski definition) is 1. The second kappa shape index (κ2) is 5.50. The zero-order chi connectivity index (χ0) is 12.1. The van der Waals surface area contributed by atoms with Crippen LogP contribution in [-0.4, -0.2) is 10.9 Å². The number of anilines is 1. The Balaban J connectivity index is 1.85. The maximum absolute atomic E-state index is 11.6. The van der Waals surface area contributed by atoms with Crippen molar-refractivity contribution in [2.75, 3.05) is 5.32 Å². The van der Waals surface area contributed by atoms with E-state index in [0.29, 0.717) is 23.7 Å². The molecule has 2 heterocycles. The third-order valence-electron chi connectivity index (χ3n) is 2.17. The Hall–Kier alpha value is -1.81. The highest BCUT2D eigenvalue weighted by Crippen LogP contribution is 2.12. The van der Waals surface area contributed by atoms with Crippen molar-refractivity contribution in [3.63, 3.8) is 0 Å². The molecule has 4 nitrogen and oxygen atoms in total. The quantitative estimate of drug-likeness (QED) is 0.908. The summed E-state index contributed by atoms with van der Waals surface area (Å²) in [5.74, 6) is 1.14. The van der Waals surface area contributed by atoms with Crippen molar-refractivity contribution in [2.45, 2.75) is 12.8 Å². The van der Waals surface area contributed by atoms with E-state index in [4.69, 9.17) is 16.0 Å². The van der Waals surface area contributed by atoms with Crippen LogP contribution in [0.5, 0.6) is 0 Å². The first-order valence-corrected chi connectivity index (χ1v) is 5.55. The van der Waals surface area contributed by atoms with E-state index in [2.05, 4.69) is 10.3 Å². The van der Waals surface area contributed by atoms with Crippen molar-refractivity contribution in [3.05, 3.63) is 47.5 Å². The number of aromatic nitrogens is 1. The van der Waals surface area contributed by atoms with E-state index >= 15 is 0 Å². The molecule has 0 aliphatic rings. The first-order chi connectivity index (χ1) is 8.24. The highest BCUT2D eigenvalue weighted by Gasteiger charge is 2.05. The van der Waals surface area contributed by atoms with E-state index in [0.717, 1.165) is 5.76 Å². The molecule has 0 aliphatic heterocycles. The molecule has 5 heteroatoms. The summed E-state index contributed by atoms with van der Waals surface area (Å²) in [5, 5.41) is 3.21. The standard InChI is InChI=1S/C12H11ClN2O2/c13-9-5-6-14-11(8-9)15-12(16)4-3-10-2-1-7-17-10/h1-2,5-8H,3-4H2,(H,14,15,16). The summed E-state index contributed by atoms with van der Waals surface area (Å²) in [7, 11) is 0. The van der Waals surface area contributed by atoms with Gasteiger partial charge in [-0.05, 0) is 24.3 Å². The minimum absolute atomic E-state index is 0.115. The van der Waals surface area contributed by atoms with Gasteiger partial charge < -0.3 is 9.73 Å². The van der Waals surface area contributed by atoms with E-state index in [-0.39, 0.29) is 5.91 Å². The Kier molecular flexibility index (Phi) is 3.77. The van der Waals surface area contributed by atoms with Crippen LogP contribution in [0.1, 0.15) is 12.2 Å². The highest BCUT2D eigenvalue weighted by atomic mass is 35.5. The van der Waals surface area contributed by atoms with Crippen LogP contribution in [0, 0.1) is 0 Å². The lowest BCUT2D eigenvalue weighted by Crippen LogP contribution is -2.13. The van der Waals surface area contributed by atoms with Crippen molar-refractivity contribution < 1.29 is 9.21 Å². The predicted octanol–water partition coefficient (Wildman–Crippen LogP) is 2.90. The zero-order valence-electron chi connectivity index (χ0n) is 9.02. The van der Waals surface area contributed by atoms with Gasteiger partial charge in [0, 0.05) is 24.1 Å². The Morgan fingerprint density at radius 2 is 2.35 bits per heavy atom. The largest absolute Gasteiger partial charge is 0.469 e. The van der Waals surface area contributed by atoms with Gasteiger partial charge in [0.2, 0.25) is 5.91 Å². The summed E-state index contributed by atoms with van der Waals surface area (Å²) in [6, 6.07) is 6.89. The van der Waals surface area contributed by atoms with E-state index in [1.54, 1.807) is 30.7 Å². The highest BCUT2D eigenvalue weighted by molar-refractivity contribution is 6.30. The van der Waals surface area contributed by atoms with Crippen LogP contribution in [0.3, 0.4) is 0 Å². The number of furan rings is 1. The molecule has 2 aromatic heterocycles. The van der Waals surface area contributed by atoms with Gasteiger partial charge in [-0.15, -0.1) is 0 Å². The number of halogens is 1. The summed E-state index contributed by atoms with van der Waals surface area (Å²) in [5.41, 5.74) is 0. The molecule has 0 atom stereocenters. The minimum atomic E-state index is -0.115. The maximum atomic E-state index is 11.6. The fourth-order valence-electron chi connectivity index (χ4n) is 1.37. The normalized spacial score (nSPS) is 10.2. The zero-order valence-corrected chi connectivity index (χ0v) is 9.78. The summed E-state index contributed by atoms with van der Waals surface area (Å²) in [4.78, 5) is 15.6. The van der Waals surface area contributed by atoms with Gasteiger partial charge in [-0.3, -0.25) is 4.79 Å². The van der Waals surface area contributed by atoms with Crippen LogP contribution in [0.15, 0.2) is 41.1 Å². The van der Waals surface area contributed by atoms with Gasteiger partial charge in [-0.1, -0.05) is 11.6 Å². The average Bonchev–Trinajstić information content (AvgIpc) is 2.79. The molecule has 0 unspecified atom stereocenters. The van der Waals surface area contributed by atoms with Gasteiger partial charge in [-0.25, -0.2) is 4.98 Å². The molecule has 0 spiro atoms. The SMILES string of the molecule is O=C(CCc1ccco1)Nc1cc(Cl)ccn1. The Morgan fingerprint density at radius 3 is 3.06 bits per heavy atom. The van der Waals surface area contributed by atoms with Crippen LogP contribution in [0.25, 0.3) is 0 Å². The number of carbonyl (C=O) groups excluding carboxylic acids is 1. The number of hydrogen-bond acceptors (Lipinski definition) is 3. The first kappa shape index (κ1) is 11.7. The molecule has 0 aliphatic carbocycles. The number of nitrogens with one attached hydrogen (secondary N) is 1. The summed E-state index contributed by atoms with van der Waals surface area (Å²) >= 11 is 5.78. The minimum Gasteiger partial charge on any atom is -0.469 e. The van der Waals surface area contributed by atoms with Gasteiger partial charge in [0.25, 0.3) is 0 Å². The molecule has 1 amide bonds. The molecule has 0 fully saturated rings. The molecule has 0 aromatic carbocycles. The number of aryl methyl sites for hydroxylation is 1. The third-order valence-corrected chi connectivity index (χ3v) is 2.40. The molecular formula is C12H11ClN2O2. The van der Waals surface area contributed by atoms with E-state index < -0.39 is 0 Å². The Bertz CT molecular complexity index is 497. The topological polar surface area (TPSA) is 55.1 Å². The molecule has 17 heavy (non-hydrogen) atoms. The van der Waals surface area contributed by atoms with Crippen LogP contribution >= 0.6 is 11.6 Å². The molecule has 0 saturated carbocycles. The number of amides is 1. The van der Waals surface area contributed by atoms with Gasteiger partial charge in [0.1, 0.15) is 11.6 Å². The van der Waals surface area contributed by atoms with Gasteiger partial charge >= 0.3 is 0 Å². The summed E-state index contributed by atoms with van der Waals surface area (Å²) in [6.45, 7) is 0. The number of carbonyl (C=O) groups is 1. The van der Waals surface area contributed by atoms with Crippen LogP contribution < -0.4 is 5.32 Å². The summed E-state index contributed by atoms with van der Waals surface area (Å²) < 4.78 is 5.14. The predicted molar refractivity (Wildman–Crippen MR) is 64.9 cm³/mol. The second-order valence-corrected chi connectivity index (χ2v) is 3.92. The second-order valence-electron chi connectivity index (χ2n) is 3.49. The van der Waals surface area contributed by atoms with Crippen molar-refractivity contribution in [1.29, 1.82) is 0 Å². The smallest absolute Gasteiger partial charge is 0.225 e. The van der Waals surface area contributed by atoms with E-state index in [1.165, 1.54) is 0 Å². The lowest BCUT2D eigenvalue weighted by molar-refractivity contribution is -0.116. The molecule has 2 aromatic rings. The fraction of sp³-hybridized carbons (Fsp3) is 0.167. The lowest BCUT2D eigenvalue weighted by atomic mass is 10.2. The van der Waals surface area contributed by atoms with Crippen LogP contribution in [-0.2, 0) is 11.2 Å². The Labute approximate surface area is 104 Å². The molecular weight excluding hydrogens is 240 g/mol. The number of pyridine rings is 1. The number of rotatable bonds is 4. The van der Waals surface area contributed by atoms with E-state index in [1.807, 2.05) is 6.07 Å². The first-order valence-electron chi connectivity index (χ1n) is 5.18. The lowest BCUT2D eigenvalue weighted by Gasteiger charge is -2.03. The monoisotopic (exact) mass is 250 g/mol. The molecule has 0 saturated heterocycles. The molecule has 0 bridgehead atoms. The Morgan fingerprint density at radius 1 is 1.47 bits per heavy atom. The van der Waals surface area contributed by atoms with Crippen LogP contribution in [0.2, 0.25) is 5.02 Å². The van der Waals surface area contributed by atoms with Crippen molar-refractivity contribution >= 4 is 23.3 Å². The van der Waals surface area contributed by atoms with Gasteiger partial charge in [-0.2, -0.15) is 0 Å². The fourth-order valence-corrected chi connectivity index (χ4v) is 1.53. The van der Waals surface area contributed by atoms with Crippen molar-refractivity contribution in [1.82, 2.24) is 4.98 Å². The van der Waals surface area contributed by atoms with Crippen LogP contribution in [0.4, 0.5) is 5.82 Å².